The van der Waals surface area contributed by atoms with Crippen LogP contribution in [-0.2, 0) is 9.47 Å². The maximum Gasteiger partial charge on any atom is 0.508 e. The molecule has 1 heterocycles. The lowest BCUT2D eigenvalue weighted by Crippen LogP contribution is -2.19. The molecule has 0 aromatic carbocycles. The molecule has 0 saturated carbocycles. The summed E-state index contributed by atoms with van der Waals surface area (Å²) in [5.74, 6) is 0. The van der Waals surface area contributed by atoms with E-state index < -0.39 is 12.4 Å². The van der Waals surface area contributed by atoms with E-state index in [1.165, 1.54) is 6.26 Å². The zero-order valence-electron chi connectivity index (χ0n) is 5.32. The van der Waals surface area contributed by atoms with Crippen LogP contribution >= 0.6 is 0 Å². The summed E-state index contributed by atoms with van der Waals surface area (Å²) in [6, 6.07) is 0. The average molecular weight is 144 g/mol. The van der Waals surface area contributed by atoms with Gasteiger partial charge in [0, 0.05) is 6.42 Å². The highest BCUT2D eigenvalue weighted by Gasteiger charge is 2.14. The van der Waals surface area contributed by atoms with E-state index in [1.807, 2.05) is 6.08 Å². The Labute approximate surface area is 58.1 Å². The highest BCUT2D eigenvalue weighted by atomic mass is 16.7. The maximum absolute atomic E-state index is 9.94. The summed E-state index contributed by atoms with van der Waals surface area (Å²) >= 11 is 0. The number of allylic oxidation sites excluding steroid dienone is 1. The lowest BCUT2D eigenvalue weighted by Gasteiger charge is -2.16. The Balaban J connectivity index is 2.28. The largest absolute Gasteiger partial charge is 0.508 e. The highest BCUT2D eigenvalue weighted by molar-refractivity contribution is 5.56. The SMILES string of the molecule is O=C(O)OC1CCC=CO1. The van der Waals surface area contributed by atoms with Gasteiger partial charge in [-0.25, -0.2) is 4.79 Å². The van der Waals surface area contributed by atoms with E-state index in [2.05, 4.69) is 4.74 Å². The molecule has 1 N–H and O–H groups in total. The molecule has 1 aliphatic heterocycles. The van der Waals surface area contributed by atoms with Gasteiger partial charge >= 0.3 is 6.16 Å². The van der Waals surface area contributed by atoms with Crippen LogP contribution in [0.4, 0.5) is 4.79 Å². The first-order chi connectivity index (χ1) is 4.79. The third-order valence-electron chi connectivity index (χ3n) is 1.13. The number of hydrogen-bond acceptors (Lipinski definition) is 3. The molecule has 56 valence electrons. The molecule has 4 nitrogen and oxygen atoms in total. The lowest BCUT2D eigenvalue weighted by molar-refractivity contribution is -0.0870. The fraction of sp³-hybridized carbons (Fsp3) is 0.500. The van der Waals surface area contributed by atoms with Crippen LogP contribution in [0.5, 0.6) is 0 Å². The Morgan fingerprint density at radius 2 is 2.60 bits per heavy atom. The van der Waals surface area contributed by atoms with Gasteiger partial charge in [0.1, 0.15) is 0 Å². The lowest BCUT2D eigenvalue weighted by atomic mass is 10.3. The quantitative estimate of drug-likeness (QED) is 0.564. The first-order valence-electron chi connectivity index (χ1n) is 2.99. The smallest absolute Gasteiger partial charge is 0.463 e. The van der Waals surface area contributed by atoms with E-state index in [-0.39, 0.29) is 0 Å². The van der Waals surface area contributed by atoms with Crippen molar-refractivity contribution in [1.82, 2.24) is 0 Å². The monoisotopic (exact) mass is 144 g/mol. The molecule has 0 fully saturated rings. The summed E-state index contributed by atoms with van der Waals surface area (Å²) in [4.78, 5) is 9.94. The normalized spacial score (nSPS) is 23.4. The third kappa shape index (κ3) is 1.97. The van der Waals surface area contributed by atoms with Crippen molar-refractivity contribution >= 4 is 6.16 Å². The molecule has 10 heavy (non-hydrogen) atoms. The summed E-state index contributed by atoms with van der Waals surface area (Å²) in [5, 5.41) is 8.14. The highest BCUT2D eigenvalue weighted by Crippen LogP contribution is 2.10. The van der Waals surface area contributed by atoms with Gasteiger partial charge in [-0.05, 0) is 12.5 Å². The topological polar surface area (TPSA) is 55.8 Å². The van der Waals surface area contributed by atoms with Crippen LogP contribution in [0.2, 0.25) is 0 Å². The second kappa shape index (κ2) is 3.10. The summed E-state index contributed by atoms with van der Waals surface area (Å²) < 4.78 is 9.14. The maximum atomic E-state index is 9.94. The average Bonchev–Trinajstić information content (AvgIpc) is 1.88. The van der Waals surface area contributed by atoms with Crippen LogP contribution in [0.25, 0.3) is 0 Å². The number of hydrogen-bond donors (Lipinski definition) is 1. The van der Waals surface area contributed by atoms with E-state index in [0.717, 1.165) is 6.42 Å². The van der Waals surface area contributed by atoms with Crippen molar-refractivity contribution in [2.45, 2.75) is 19.1 Å². The second-order valence-electron chi connectivity index (χ2n) is 1.90. The van der Waals surface area contributed by atoms with Crippen molar-refractivity contribution < 1.29 is 19.4 Å². The van der Waals surface area contributed by atoms with Crippen LogP contribution in [0, 0.1) is 0 Å². The molecule has 0 bridgehead atoms. The van der Waals surface area contributed by atoms with E-state index in [0.29, 0.717) is 6.42 Å². The molecule has 1 rings (SSSR count). The first kappa shape index (κ1) is 6.92. The van der Waals surface area contributed by atoms with E-state index in [4.69, 9.17) is 9.84 Å². The summed E-state index contributed by atoms with van der Waals surface area (Å²) in [5.41, 5.74) is 0. The minimum atomic E-state index is -1.29. The van der Waals surface area contributed by atoms with E-state index >= 15 is 0 Å². The minimum absolute atomic E-state index is 0.600. The molecule has 4 heteroatoms. The van der Waals surface area contributed by atoms with Crippen LogP contribution in [0.1, 0.15) is 12.8 Å². The van der Waals surface area contributed by atoms with Gasteiger partial charge in [-0.2, -0.15) is 0 Å². The summed E-state index contributed by atoms with van der Waals surface area (Å²) in [6.07, 6.45) is 2.78. The van der Waals surface area contributed by atoms with Crippen LogP contribution in [0.15, 0.2) is 12.3 Å². The molecule has 1 atom stereocenters. The number of ether oxygens (including phenoxy) is 2. The molecule has 0 spiro atoms. The molecule has 0 amide bonds. The molecular weight excluding hydrogens is 136 g/mol. The van der Waals surface area contributed by atoms with Gasteiger partial charge in [-0.15, -0.1) is 0 Å². The van der Waals surface area contributed by atoms with Gasteiger partial charge in [-0.3, -0.25) is 0 Å². The van der Waals surface area contributed by atoms with Gasteiger partial charge in [0.15, 0.2) is 0 Å². The Morgan fingerprint density at radius 3 is 3.10 bits per heavy atom. The number of carboxylic acid groups (broad SMARTS) is 1. The zero-order valence-corrected chi connectivity index (χ0v) is 5.32. The van der Waals surface area contributed by atoms with Crippen LogP contribution in [0.3, 0.4) is 0 Å². The molecule has 0 aliphatic carbocycles. The van der Waals surface area contributed by atoms with Gasteiger partial charge < -0.3 is 14.6 Å². The summed E-state index contributed by atoms with van der Waals surface area (Å²) in [7, 11) is 0. The van der Waals surface area contributed by atoms with Crippen molar-refractivity contribution in [3.63, 3.8) is 0 Å². The third-order valence-corrected chi connectivity index (χ3v) is 1.13. The standard InChI is InChI=1S/C6H8O4/c7-6(8)10-5-3-1-2-4-9-5/h2,4-5H,1,3H2,(H,7,8). The number of rotatable bonds is 1. The molecule has 0 aromatic rings. The molecule has 1 unspecified atom stereocenters. The van der Waals surface area contributed by atoms with Crippen LogP contribution < -0.4 is 0 Å². The van der Waals surface area contributed by atoms with Gasteiger partial charge in [0.05, 0.1) is 6.26 Å². The predicted molar refractivity (Wildman–Crippen MR) is 32.4 cm³/mol. The van der Waals surface area contributed by atoms with Crippen LogP contribution in [-0.4, -0.2) is 17.6 Å². The second-order valence-corrected chi connectivity index (χ2v) is 1.90. The molecule has 0 radical (unpaired) electrons. The van der Waals surface area contributed by atoms with Crippen molar-refractivity contribution in [3.8, 4) is 0 Å². The van der Waals surface area contributed by atoms with Gasteiger partial charge in [0.25, 0.3) is 0 Å². The van der Waals surface area contributed by atoms with Crippen molar-refractivity contribution in [1.29, 1.82) is 0 Å². The first-order valence-corrected chi connectivity index (χ1v) is 2.99. The molecular formula is C6H8O4. The molecule has 1 aliphatic rings. The predicted octanol–water partition coefficient (Wildman–Crippen LogP) is 1.33. The van der Waals surface area contributed by atoms with E-state index in [1.54, 1.807) is 0 Å². The van der Waals surface area contributed by atoms with Crippen molar-refractivity contribution in [3.05, 3.63) is 12.3 Å². The fourth-order valence-electron chi connectivity index (χ4n) is 0.711. The van der Waals surface area contributed by atoms with Crippen molar-refractivity contribution in [2.75, 3.05) is 0 Å². The Bertz CT molecular complexity index is 152. The minimum Gasteiger partial charge on any atom is -0.463 e. The van der Waals surface area contributed by atoms with Gasteiger partial charge in [0.2, 0.25) is 6.29 Å². The Morgan fingerprint density at radius 1 is 1.80 bits per heavy atom. The summed E-state index contributed by atoms with van der Waals surface area (Å²) in [6.45, 7) is 0. The molecule has 0 aromatic heterocycles. The zero-order chi connectivity index (χ0) is 7.40. The number of carbonyl (C=O) groups is 1. The van der Waals surface area contributed by atoms with E-state index in [9.17, 15) is 4.79 Å². The van der Waals surface area contributed by atoms with Gasteiger partial charge in [-0.1, -0.05) is 0 Å². The Kier molecular flexibility index (Phi) is 2.15. The fourth-order valence-corrected chi connectivity index (χ4v) is 0.711. The molecule has 0 saturated heterocycles. The Hall–Kier alpha value is -1.19. The van der Waals surface area contributed by atoms with Crippen molar-refractivity contribution in [2.24, 2.45) is 0 Å².